The minimum atomic E-state index is -2.91. The van der Waals surface area contributed by atoms with Gasteiger partial charge in [-0.15, -0.1) is 0 Å². The molecule has 16 heavy (non-hydrogen) atoms. The molecule has 0 aromatic heterocycles. The summed E-state index contributed by atoms with van der Waals surface area (Å²) in [4.78, 5) is 13.0. The van der Waals surface area contributed by atoms with Crippen LogP contribution in [0.1, 0.15) is 10.4 Å². The smallest absolute Gasteiger partial charge is 0.387 e. The van der Waals surface area contributed by atoms with Crippen LogP contribution >= 0.6 is 15.9 Å². The van der Waals surface area contributed by atoms with Crippen molar-refractivity contribution in [3.63, 3.8) is 0 Å². The quantitative estimate of drug-likeness (QED) is 0.858. The Morgan fingerprint density at radius 1 is 1.38 bits per heavy atom. The molecule has 0 heterocycles. The Bertz CT molecular complexity index is 396. The van der Waals surface area contributed by atoms with E-state index in [9.17, 15) is 13.6 Å². The molecular formula is C10H10BrF2NO2. The molecule has 0 bridgehead atoms. The molecule has 0 saturated heterocycles. The number of alkyl halides is 2. The molecule has 0 aliphatic rings. The van der Waals surface area contributed by atoms with Gasteiger partial charge in [-0.05, 0) is 18.2 Å². The van der Waals surface area contributed by atoms with Crippen molar-refractivity contribution in [3.05, 3.63) is 28.2 Å². The maximum absolute atomic E-state index is 12.0. The van der Waals surface area contributed by atoms with Gasteiger partial charge in [-0.1, -0.05) is 15.9 Å². The molecule has 0 aliphatic carbocycles. The molecule has 0 aliphatic heterocycles. The molecule has 1 amide bonds. The van der Waals surface area contributed by atoms with Gasteiger partial charge in [0.05, 0.1) is 0 Å². The van der Waals surface area contributed by atoms with E-state index in [0.29, 0.717) is 4.47 Å². The van der Waals surface area contributed by atoms with Crippen molar-refractivity contribution >= 4 is 21.8 Å². The standard InChI is InChI=1S/C10H10BrF2NO2/c1-14(2)9(15)6-3-7(11)5-8(4-6)16-10(12)13/h3-5,10H,1-2H3. The average molecular weight is 294 g/mol. The van der Waals surface area contributed by atoms with Crippen LogP contribution in [0, 0.1) is 0 Å². The fourth-order valence-electron chi connectivity index (χ4n) is 1.12. The maximum atomic E-state index is 12.0. The number of halogens is 3. The van der Waals surface area contributed by atoms with Crippen LogP contribution in [0.5, 0.6) is 5.75 Å². The third-order valence-electron chi connectivity index (χ3n) is 1.75. The molecule has 3 nitrogen and oxygen atoms in total. The molecule has 1 aromatic carbocycles. The summed E-state index contributed by atoms with van der Waals surface area (Å²) in [5.74, 6) is -0.324. The molecule has 0 atom stereocenters. The Morgan fingerprint density at radius 3 is 2.50 bits per heavy atom. The monoisotopic (exact) mass is 293 g/mol. The zero-order chi connectivity index (χ0) is 12.3. The maximum Gasteiger partial charge on any atom is 0.387 e. The molecule has 6 heteroatoms. The van der Waals surface area contributed by atoms with Crippen LogP contribution in [0.25, 0.3) is 0 Å². The van der Waals surface area contributed by atoms with Crippen LogP contribution in [0.2, 0.25) is 0 Å². The van der Waals surface area contributed by atoms with Crippen molar-refractivity contribution in [1.82, 2.24) is 4.90 Å². The average Bonchev–Trinajstić information content (AvgIpc) is 2.14. The van der Waals surface area contributed by atoms with Crippen molar-refractivity contribution in [2.24, 2.45) is 0 Å². The van der Waals surface area contributed by atoms with Crippen molar-refractivity contribution in [2.45, 2.75) is 6.61 Å². The van der Waals surface area contributed by atoms with Gasteiger partial charge in [0.15, 0.2) is 0 Å². The van der Waals surface area contributed by atoms with Crippen molar-refractivity contribution in [1.29, 1.82) is 0 Å². The van der Waals surface area contributed by atoms with Gasteiger partial charge in [-0.3, -0.25) is 4.79 Å². The van der Waals surface area contributed by atoms with E-state index in [1.165, 1.54) is 17.0 Å². The van der Waals surface area contributed by atoms with Crippen molar-refractivity contribution in [2.75, 3.05) is 14.1 Å². The summed E-state index contributed by atoms with van der Waals surface area (Å²) in [6, 6.07) is 4.19. The number of amides is 1. The van der Waals surface area contributed by atoms with Gasteiger partial charge in [-0.25, -0.2) is 0 Å². The van der Waals surface area contributed by atoms with Gasteiger partial charge in [0, 0.05) is 24.1 Å². The van der Waals surface area contributed by atoms with E-state index in [-0.39, 0.29) is 17.2 Å². The summed E-state index contributed by atoms with van der Waals surface area (Å²) in [6.07, 6.45) is 0. The normalized spacial score (nSPS) is 10.4. The first kappa shape index (κ1) is 12.9. The summed E-state index contributed by atoms with van der Waals surface area (Å²) < 4.78 is 28.8. The van der Waals surface area contributed by atoms with Crippen LogP contribution in [0.3, 0.4) is 0 Å². The Hall–Kier alpha value is -1.17. The van der Waals surface area contributed by atoms with E-state index < -0.39 is 6.61 Å². The number of rotatable bonds is 3. The fourth-order valence-corrected chi connectivity index (χ4v) is 1.59. The van der Waals surface area contributed by atoms with E-state index >= 15 is 0 Å². The van der Waals surface area contributed by atoms with Crippen LogP contribution in [-0.2, 0) is 0 Å². The molecule has 1 aromatic rings. The van der Waals surface area contributed by atoms with E-state index in [0.717, 1.165) is 0 Å². The Kier molecular flexibility index (Phi) is 4.23. The Labute approximate surface area is 100 Å². The topological polar surface area (TPSA) is 29.5 Å². The zero-order valence-electron chi connectivity index (χ0n) is 8.71. The van der Waals surface area contributed by atoms with Crippen LogP contribution in [0.15, 0.2) is 22.7 Å². The van der Waals surface area contributed by atoms with E-state index in [2.05, 4.69) is 20.7 Å². The summed E-state index contributed by atoms with van der Waals surface area (Å²) >= 11 is 3.12. The van der Waals surface area contributed by atoms with Gasteiger partial charge in [0.2, 0.25) is 0 Å². The summed E-state index contributed by atoms with van der Waals surface area (Å²) in [7, 11) is 3.16. The minimum Gasteiger partial charge on any atom is -0.435 e. The predicted octanol–water partition coefficient (Wildman–Crippen LogP) is 2.75. The summed E-state index contributed by atoms with van der Waals surface area (Å²) in [5, 5.41) is 0. The second-order valence-corrected chi connectivity index (χ2v) is 4.17. The molecule has 0 radical (unpaired) electrons. The molecule has 1 rings (SSSR count). The van der Waals surface area contributed by atoms with Crippen LogP contribution in [0.4, 0.5) is 8.78 Å². The van der Waals surface area contributed by atoms with Gasteiger partial charge >= 0.3 is 6.61 Å². The highest BCUT2D eigenvalue weighted by Crippen LogP contribution is 2.23. The van der Waals surface area contributed by atoms with Gasteiger partial charge < -0.3 is 9.64 Å². The first-order valence-electron chi connectivity index (χ1n) is 4.37. The minimum absolute atomic E-state index is 0.0467. The van der Waals surface area contributed by atoms with E-state index in [1.54, 1.807) is 20.2 Å². The predicted molar refractivity (Wildman–Crippen MR) is 58.8 cm³/mol. The number of nitrogens with zero attached hydrogens (tertiary/aromatic N) is 1. The summed E-state index contributed by atoms with van der Waals surface area (Å²) in [5.41, 5.74) is 0.287. The van der Waals surface area contributed by atoms with Crippen LogP contribution < -0.4 is 4.74 Å². The molecule has 0 N–H and O–H groups in total. The number of hydrogen-bond acceptors (Lipinski definition) is 2. The third-order valence-corrected chi connectivity index (χ3v) is 2.21. The SMILES string of the molecule is CN(C)C(=O)c1cc(Br)cc(OC(F)F)c1. The highest BCUT2D eigenvalue weighted by molar-refractivity contribution is 9.10. The molecular weight excluding hydrogens is 284 g/mol. The number of benzene rings is 1. The number of ether oxygens (including phenoxy) is 1. The molecule has 0 spiro atoms. The highest BCUT2D eigenvalue weighted by atomic mass is 79.9. The van der Waals surface area contributed by atoms with Crippen molar-refractivity contribution < 1.29 is 18.3 Å². The second-order valence-electron chi connectivity index (χ2n) is 3.25. The Morgan fingerprint density at radius 2 is 2.00 bits per heavy atom. The fraction of sp³-hybridized carbons (Fsp3) is 0.300. The molecule has 0 unspecified atom stereocenters. The van der Waals surface area contributed by atoms with Crippen molar-refractivity contribution in [3.8, 4) is 5.75 Å². The lowest BCUT2D eigenvalue weighted by Gasteiger charge is -2.12. The molecule has 88 valence electrons. The lowest BCUT2D eigenvalue weighted by Crippen LogP contribution is -2.21. The van der Waals surface area contributed by atoms with Gasteiger partial charge in [0.25, 0.3) is 5.91 Å². The van der Waals surface area contributed by atoms with Gasteiger partial charge in [-0.2, -0.15) is 8.78 Å². The summed E-state index contributed by atoms with van der Waals surface area (Å²) in [6.45, 7) is -2.91. The highest BCUT2D eigenvalue weighted by Gasteiger charge is 2.12. The first-order valence-corrected chi connectivity index (χ1v) is 5.16. The van der Waals surface area contributed by atoms with Gasteiger partial charge in [0.1, 0.15) is 5.75 Å². The second kappa shape index (κ2) is 5.25. The molecule has 0 fully saturated rings. The number of hydrogen-bond donors (Lipinski definition) is 0. The third kappa shape index (κ3) is 3.44. The Balaban J connectivity index is 3.03. The van der Waals surface area contributed by atoms with E-state index in [4.69, 9.17) is 0 Å². The molecule has 0 saturated carbocycles. The number of carbonyl (C=O) groups excluding carboxylic acids is 1. The largest absolute Gasteiger partial charge is 0.435 e. The first-order chi connectivity index (χ1) is 7.40. The number of carbonyl (C=O) groups is 1. The zero-order valence-corrected chi connectivity index (χ0v) is 10.3. The lowest BCUT2D eigenvalue weighted by molar-refractivity contribution is -0.0499. The van der Waals surface area contributed by atoms with E-state index in [1.807, 2.05) is 0 Å². The lowest BCUT2D eigenvalue weighted by atomic mass is 10.2. The van der Waals surface area contributed by atoms with Crippen LogP contribution in [-0.4, -0.2) is 31.5 Å².